The van der Waals surface area contributed by atoms with Crippen molar-refractivity contribution in [2.75, 3.05) is 6.54 Å². The smallest absolute Gasteiger partial charge is 0.117 e. The van der Waals surface area contributed by atoms with Gasteiger partial charge in [-0.3, -0.25) is 0 Å². The Labute approximate surface area is 92.4 Å². The molecular weight excluding hydrogens is 210 g/mol. The maximum atomic E-state index is 9.76. The van der Waals surface area contributed by atoms with Crippen LogP contribution in [0.25, 0.3) is 0 Å². The van der Waals surface area contributed by atoms with Crippen LogP contribution in [-0.2, 0) is 6.54 Å². The summed E-state index contributed by atoms with van der Waals surface area (Å²) < 4.78 is 5.16. The topological polar surface area (TPSA) is 45.4 Å². The van der Waals surface area contributed by atoms with E-state index < -0.39 is 6.10 Å². The Balaban J connectivity index is 1.74. The molecule has 0 saturated carbocycles. The molecule has 2 rings (SSSR count). The van der Waals surface area contributed by atoms with Gasteiger partial charge < -0.3 is 14.8 Å². The molecule has 2 N–H and O–H groups in total. The van der Waals surface area contributed by atoms with Gasteiger partial charge in [-0.1, -0.05) is 6.07 Å². The van der Waals surface area contributed by atoms with Crippen LogP contribution < -0.4 is 5.32 Å². The standard InChI is InChI=1S/C11H13NO2S/c13-10(11-4-2-6-15-11)8-12-7-9-3-1-5-14-9/h1-6,10,12-13H,7-8H2. The molecule has 1 unspecified atom stereocenters. The van der Waals surface area contributed by atoms with Gasteiger partial charge in [-0.2, -0.15) is 0 Å². The van der Waals surface area contributed by atoms with Gasteiger partial charge in [0.25, 0.3) is 0 Å². The Kier molecular flexibility index (Phi) is 3.55. The number of hydrogen-bond acceptors (Lipinski definition) is 4. The van der Waals surface area contributed by atoms with Crippen molar-refractivity contribution in [1.82, 2.24) is 5.32 Å². The molecule has 0 radical (unpaired) electrons. The lowest BCUT2D eigenvalue weighted by Gasteiger charge is -2.08. The van der Waals surface area contributed by atoms with Crippen LogP contribution in [0.4, 0.5) is 0 Å². The van der Waals surface area contributed by atoms with Crippen LogP contribution in [0, 0.1) is 0 Å². The third-order valence-corrected chi connectivity index (χ3v) is 3.06. The second kappa shape index (κ2) is 5.11. The summed E-state index contributed by atoms with van der Waals surface area (Å²) in [4.78, 5) is 0.988. The number of hydrogen-bond donors (Lipinski definition) is 2. The van der Waals surface area contributed by atoms with Crippen LogP contribution >= 0.6 is 11.3 Å². The minimum absolute atomic E-state index is 0.431. The summed E-state index contributed by atoms with van der Waals surface area (Å²) in [5, 5.41) is 14.9. The van der Waals surface area contributed by atoms with Gasteiger partial charge in [0.1, 0.15) is 11.9 Å². The highest BCUT2D eigenvalue weighted by Gasteiger charge is 2.07. The second-order valence-electron chi connectivity index (χ2n) is 3.24. The van der Waals surface area contributed by atoms with Gasteiger partial charge in [0.15, 0.2) is 0 Å². The molecular formula is C11H13NO2S. The number of furan rings is 1. The van der Waals surface area contributed by atoms with Gasteiger partial charge in [0.2, 0.25) is 0 Å². The third kappa shape index (κ3) is 2.92. The molecule has 0 spiro atoms. The van der Waals surface area contributed by atoms with Gasteiger partial charge >= 0.3 is 0 Å². The quantitative estimate of drug-likeness (QED) is 0.816. The molecule has 0 aliphatic carbocycles. The SMILES string of the molecule is OC(CNCc1ccco1)c1cccs1. The lowest BCUT2D eigenvalue weighted by atomic mass is 10.3. The monoisotopic (exact) mass is 223 g/mol. The Bertz CT molecular complexity index is 369. The minimum atomic E-state index is -0.431. The molecule has 0 amide bonds. The summed E-state index contributed by atoms with van der Waals surface area (Å²) in [7, 11) is 0. The minimum Gasteiger partial charge on any atom is -0.468 e. The van der Waals surface area contributed by atoms with Crippen LogP contribution in [0.15, 0.2) is 40.3 Å². The summed E-state index contributed by atoms with van der Waals surface area (Å²) in [6.07, 6.45) is 1.21. The molecule has 0 fully saturated rings. The molecule has 15 heavy (non-hydrogen) atoms. The van der Waals surface area contributed by atoms with Gasteiger partial charge in [0, 0.05) is 11.4 Å². The van der Waals surface area contributed by atoms with Crippen molar-refractivity contribution < 1.29 is 9.52 Å². The molecule has 3 nitrogen and oxygen atoms in total. The van der Waals surface area contributed by atoms with Gasteiger partial charge in [0.05, 0.1) is 12.8 Å². The van der Waals surface area contributed by atoms with Gasteiger partial charge in [-0.15, -0.1) is 11.3 Å². The molecule has 2 heterocycles. The molecule has 2 aromatic rings. The Hall–Kier alpha value is -1.10. The van der Waals surface area contributed by atoms with Crippen LogP contribution in [-0.4, -0.2) is 11.7 Å². The van der Waals surface area contributed by atoms with Crippen molar-refractivity contribution in [3.05, 3.63) is 46.5 Å². The first-order chi connectivity index (χ1) is 7.36. The van der Waals surface area contributed by atoms with Gasteiger partial charge in [-0.05, 0) is 23.6 Å². The maximum Gasteiger partial charge on any atom is 0.117 e. The van der Waals surface area contributed by atoms with Crippen LogP contribution in [0.1, 0.15) is 16.7 Å². The summed E-state index contributed by atoms with van der Waals surface area (Å²) in [5.74, 6) is 0.883. The van der Waals surface area contributed by atoms with Crippen molar-refractivity contribution in [2.24, 2.45) is 0 Å². The number of thiophene rings is 1. The van der Waals surface area contributed by atoms with E-state index in [0.717, 1.165) is 10.6 Å². The molecule has 0 saturated heterocycles. The van der Waals surface area contributed by atoms with E-state index in [2.05, 4.69) is 5.32 Å². The second-order valence-corrected chi connectivity index (χ2v) is 4.22. The summed E-state index contributed by atoms with van der Waals surface area (Å²) >= 11 is 1.57. The van der Waals surface area contributed by atoms with E-state index in [1.165, 1.54) is 0 Å². The maximum absolute atomic E-state index is 9.76. The zero-order valence-electron chi connectivity index (χ0n) is 8.22. The average Bonchev–Trinajstić information content (AvgIpc) is 2.90. The molecule has 1 atom stereocenters. The van der Waals surface area contributed by atoms with Crippen molar-refractivity contribution in [3.8, 4) is 0 Å². The lowest BCUT2D eigenvalue weighted by Crippen LogP contribution is -2.20. The first-order valence-corrected chi connectivity index (χ1v) is 5.69. The predicted molar refractivity (Wildman–Crippen MR) is 59.7 cm³/mol. The van der Waals surface area contributed by atoms with E-state index in [1.54, 1.807) is 17.6 Å². The molecule has 0 aromatic carbocycles. The van der Waals surface area contributed by atoms with Crippen molar-refractivity contribution in [1.29, 1.82) is 0 Å². The van der Waals surface area contributed by atoms with E-state index >= 15 is 0 Å². The number of rotatable bonds is 5. The fourth-order valence-corrected chi connectivity index (χ4v) is 2.04. The summed E-state index contributed by atoms with van der Waals surface area (Å²) in [5.41, 5.74) is 0. The number of aliphatic hydroxyl groups excluding tert-OH is 1. The fraction of sp³-hybridized carbons (Fsp3) is 0.273. The summed E-state index contributed by atoms with van der Waals surface area (Å²) in [6.45, 7) is 1.19. The van der Waals surface area contributed by atoms with Gasteiger partial charge in [-0.25, -0.2) is 0 Å². The highest BCUT2D eigenvalue weighted by atomic mass is 32.1. The Morgan fingerprint density at radius 3 is 3.00 bits per heavy atom. The lowest BCUT2D eigenvalue weighted by molar-refractivity contribution is 0.177. The Morgan fingerprint density at radius 2 is 2.33 bits per heavy atom. The fourth-order valence-electron chi connectivity index (χ4n) is 1.33. The van der Waals surface area contributed by atoms with Crippen molar-refractivity contribution in [3.63, 3.8) is 0 Å². The zero-order valence-corrected chi connectivity index (χ0v) is 9.04. The highest BCUT2D eigenvalue weighted by molar-refractivity contribution is 7.10. The van der Waals surface area contributed by atoms with E-state index in [-0.39, 0.29) is 0 Å². The largest absolute Gasteiger partial charge is 0.468 e. The van der Waals surface area contributed by atoms with Crippen LogP contribution in [0.3, 0.4) is 0 Å². The Morgan fingerprint density at radius 1 is 1.40 bits per heavy atom. The average molecular weight is 223 g/mol. The first-order valence-electron chi connectivity index (χ1n) is 4.81. The molecule has 80 valence electrons. The van der Waals surface area contributed by atoms with Crippen molar-refractivity contribution >= 4 is 11.3 Å². The van der Waals surface area contributed by atoms with E-state index in [0.29, 0.717) is 13.1 Å². The number of nitrogens with one attached hydrogen (secondary N) is 1. The predicted octanol–water partition coefficient (Wildman–Crippen LogP) is 2.16. The van der Waals surface area contributed by atoms with Crippen molar-refractivity contribution in [2.45, 2.75) is 12.6 Å². The van der Waals surface area contributed by atoms with E-state index in [4.69, 9.17) is 4.42 Å². The van der Waals surface area contributed by atoms with E-state index in [1.807, 2.05) is 29.6 Å². The normalized spacial score (nSPS) is 12.9. The third-order valence-electron chi connectivity index (χ3n) is 2.09. The molecule has 0 bridgehead atoms. The molecule has 2 aromatic heterocycles. The molecule has 0 aliphatic rings. The first kappa shape index (κ1) is 10.4. The van der Waals surface area contributed by atoms with Crippen LogP contribution in [0.2, 0.25) is 0 Å². The highest BCUT2D eigenvalue weighted by Crippen LogP contribution is 2.17. The molecule has 0 aliphatic heterocycles. The number of aliphatic hydroxyl groups is 1. The zero-order chi connectivity index (χ0) is 10.5. The van der Waals surface area contributed by atoms with E-state index in [9.17, 15) is 5.11 Å². The molecule has 4 heteroatoms. The summed E-state index contributed by atoms with van der Waals surface area (Å²) in [6, 6.07) is 7.64. The van der Waals surface area contributed by atoms with Crippen LogP contribution in [0.5, 0.6) is 0 Å².